The van der Waals surface area contributed by atoms with Crippen LogP contribution in [-0.2, 0) is 0 Å². The van der Waals surface area contributed by atoms with E-state index in [1.807, 2.05) is 0 Å². The Morgan fingerprint density at radius 3 is 2.33 bits per heavy atom. The Labute approximate surface area is 120 Å². The molecule has 1 heterocycles. The van der Waals surface area contributed by atoms with Crippen LogP contribution in [0.15, 0.2) is 24.3 Å². The Balaban J connectivity index is 2.29. The predicted octanol–water partition coefficient (Wildman–Crippen LogP) is 1.16. The van der Waals surface area contributed by atoms with Crippen LogP contribution in [0.2, 0.25) is 0 Å². The molecule has 21 heavy (non-hydrogen) atoms. The number of hydrogen-bond acceptors (Lipinski definition) is 7. The van der Waals surface area contributed by atoms with E-state index in [1.165, 1.54) is 38.5 Å². The van der Waals surface area contributed by atoms with Crippen LogP contribution in [0.4, 0.5) is 5.95 Å². The Morgan fingerprint density at radius 1 is 1.14 bits per heavy atom. The number of aromatic hydroxyl groups is 2. The molecule has 3 N–H and O–H groups in total. The first-order valence-electron chi connectivity index (χ1n) is 5.84. The lowest BCUT2D eigenvalue weighted by molar-refractivity contribution is 0.102. The lowest BCUT2D eigenvalue weighted by atomic mass is 10.2. The van der Waals surface area contributed by atoms with Crippen molar-refractivity contribution in [3.8, 4) is 23.3 Å². The Kier molecular flexibility index (Phi) is 4.07. The van der Waals surface area contributed by atoms with Crippen LogP contribution < -0.4 is 14.8 Å². The van der Waals surface area contributed by atoms with Gasteiger partial charge in [-0.15, -0.1) is 0 Å². The van der Waals surface area contributed by atoms with Gasteiger partial charge in [-0.1, -0.05) is 6.07 Å². The van der Waals surface area contributed by atoms with Crippen LogP contribution in [0, 0.1) is 0 Å². The second kappa shape index (κ2) is 5.95. The summed E-state index contributed by atoms with van der Waals surface area (Å²) < 4.78 is 9.91. The number of benzene rings is 1. The third kappa shape index (κ3) is 3.11. The molecule has 1 amide bonds. The summed E-state index contributed by atoms with van der Waals surface area (Å²) in [5.41, 5.74) is -0.111. The van der Waals surface area contributed by atoms with E-state index >= 15 is 0 Å². The largest absolute Gasteiger partial charge is 0.504 e. The molecule has 2 rings (SSSR count). The van der Waals surface area contributed by atoms with Gasteiger partial charge in [0.1, 0.15) is 0 Å². The molecule has 0 spiro atoms. The van der Waals surface area contributed by atoms with Gasteiger partial charge in [-0.25, -0.2) is 0 Å². The third-order valence-corrected chi connectivity index (χ3v) is 2.58. The molecular weight excluding hydrogens is 278 g/mol. The number of aromatic nitrogens is 2. The average molecular weight is 291 g/mol. The normalized spacial score (nSPS) is 10.0. The molecule has 0 saturated heterocycles. The number of phenolic OH excluding ortho intramolecular Hbond substituents is 2. The van der Waals surface area contributed by atoms with Crippen LogP contribution in [0.1, 0.15) is 10.4 Å². The zero-order valence-corrected chi connectivity index (χ0v) is 11.3. The van der Waals surface area contributed by atoms with Gasteiger partial charge < -0.3 is 19.7 Å². The van der Waals surface area contributed by atoms with Crippen LogP contribution in [0.5, 0.6) is 23.3 Å². The number of para-hydroxylation sites is 1. The SMILES string of the molecule is COc1cc(OC)nc(NC(=O)c2cccc(O)c2O)n1. The van der Waals surface area contributed by atoms with Crippen LogP contribution in [0.3, 0.4) is 0 Å². The Bertz CT molecular complexity index is 653. The number of phenols is 2. The van der Waals surface area contributed by atoms with Crippen LogP contribution in [-0.4, -0.2) is 40.3 Å². The van der Waals surface area contributed by atoms with Crippen molar-refractivity contribution >= 4 is 11.9 Å². The van der Waals surface area contributed by atoms with Crippen molar-refractivity contribution in [2.75, 3.05) is 19.5 Å². The molecule has 0 radical (unpaired) electrons. The van der Waals surface area contributed by atoms with Crippen LogP contribution in [0.25, 0.3) is 0 Å². The lowest BCUT2D eigenvalue weighted by Gasteiger charge is -2.08. The predicted molar refractivity (Wildman–Crippen MR) is 72.9 cm³/mol. The first-order chi connectivity index (χ1) is 10.0. The molecule has 8 nitrogen and oxygen atoms in total. The summed E-state index contributed by atoms with van der Waals surface area (Å²) >= 11 is 0. The molecule has 8 heteroatoms. The van der Waals surface area contributed by atoms with Gasteiger partial charge >= 0.3 is 0 Å². The summed E-state index contributed by atoms with van der Waals surface area (Å²) in [4.78, 5) is 19.9. The van der Waals surface area contributed by atoms with E-state index < -0.39 is 17.4 Å². The maximum atomic E-state index is 12.0. The van der Waals surface area contributed by atoms with Crippen molar-refractivity contribution < 1.29 is 24.5 Å². The maximum absolute atomic E-state index is 12.0. The number of rotatable bonds is 4. The zero-order valence-electron chi connectivity index (χ0n) is 11.3. The minimum Gasteiger partial charge on any atom is -0.504 e. The minimum absolute atomic E-state index is 0.0565. The minimum atomic E-state index is -0.682. The fraction of sp³-hybridized carbons (Fsp3) is 0.154. The van der Waals surface area contributed by atoms with Crippen molar-refractivity contribution in [3.63, 3.8) is 0 Å². The highest BCUT2D eigenvalue weighted by Crippen LogP contribution is 2.28. The molecule has 1 aromatic carbocycles. The highest BCUT2D eigenvalue weighted by molar-refractivity contribution is 6.05. The van der Waals surface area contributed by atoms with Crippen molar-refractivity contribution in [2.24, 2.45) is 0 Å². The lowest BCUT2D eigenvalue weighted by Crippen LogP contribution is -2.15. The van der Waals surface area contributed by atoms with Gasteiger partial charge in [-0.05, 0) is 12.1 Å². The van der Waals surface area contributed by atoms with Crippen molar-refractivity contribution in [3.05, 3.63) is 29.8 Å². The zero-order chi connectivity index (χ0) is 15.4. The summed E-state index contributed by atoms with van der Waals surface area (Å²) in [7, 11) is 2.82. The second-order valence-electron chi connectivity index (χ2n) is 3.90. The molecule has 0 aliphatic carbocycles. The first kappa shape index (κ1) is 14.4. The first-order valence-corrected chi connectivity index (χ1v) is 5.84. The molecule has 0 unspecified atom stereocenters. The topological polar surface area (TPSA) is 114 Å². The van der Waals surface area contributed by atoms with Crippen molar-refractivity contribution in [2.45, 2.75) is 0 Å². The monoisotopic (exact) mass is 291 g/mol. The number of hydrogen-bond donors (Lipinski definition) is 3. The smallest absolute Gasteiger partial charge is 0.261 e. The van der Waals surface area contributed by atoms with E-state index in [0.717, 1.165) is 0 Å². The molecular formula is C13H13N3O5. The summed E-state index contributed by atoms with van der Waals surface area (Å²) in [6.45, 7) is 0. The summed E-state index contributed by atoms with van der Waals surface area (Å²) in [6.07, 6.45) is 0. The maximum Gasteiger partial charge on any atom is 0.261 e. The molecule has 0 atom stereocenters. The molecule has 2 aromatic rings. The summed E-state index contributed by atoms with van der Waals surface area (Å²) in [5, 5.41) is 21.4. The highest BCUT2D eigenvalue weighted by Gasteiger charge is 2.16. The number of anilines is 1. The molecule has 0 bridgehead atoms. The molecule has 0 aliphatic rings. The van der Waals surface area contributed by atoms with E-state index in [2.05, 4.69) is 15.3 Å². The Hall–Kier alpha value is -3.03. The third-order valence-electron chi connectivity index (χ3n) is 2.58. The van der Waals surface area contributed by atoms with Gasteiger partial charge in [-0.2, -0.15) is 9.97 Å². The van der Waals surface area contributed by atoms with E-state index in [-0.39, 0.29) is 23.3 Å². The fourth-order valence-electron chi connectivity index (χ4n) is 1.55. The molecule has 110 valence electrons. The van der Waals surface area contributed by atoms with Gasteiger partial charge in [0.25, 0.3) is 5.91 Å². The van der Waals surface area contributed by atoms with Gasteiger partial charge in [0.05, 0.1) is 25.8 Å². The standard InChI is InChI=1S/C13H13N3O5/c1-20-9-6-10(21-2)15-13(14-9)16-12(19)7-4-3-5-8(17)11(7)18/h3-6,17-18H,1-2H3,(H,14,15,16,19). The number of nitrogens with one attached hydrogen (secondary N) is 1. The summed E-state index contributed by atoms with van der Waals surface area (Å²) in [6, 6.07) is 5.48. The van der Waals surface area contributed by atoms with E-state index in [1.54, 1.807) is 0 Å². The van der Waals surface area contributed by atoms with E-state index in [0.29, 0.717) is 0 Å². The molecule has 0 aliphatic heterocycles. The highest BCUT2D eigenvalue weighted by atomic mass is 16.5. The number of carbonyl (C=O) groups is 1. The second-order valence-corrected chi connectivity index (χ2v) is 3.90. The quantitative estimate of drug-likeness (QED) is 0.724. The van der Waals surface area contributed by atoms with E-state index in [9.17, 15) is 15.0 Å². The summed E-state index contributed by atoms with van der Waals surface area (Å²) in [5.74, 6) is -1.25. The number of carbonyl (C=O) groups excluding carboxylic acids is 1. The molecule has 0 saturated carbocycles. The van der Waals surface area contributed by atoms with Gasteiger partial charge in [-0.3, -0.25) is 10.1 Å². The molecule has 1 aromatic heterocycles. The van der Waals surface area contributed by atoms with Crippen molar-refractivity contribution in [1.82, 2.24) is 9.97 Å². The number of nitrogens with zero attached hydrogens (tertiary/aromatic N) is 2. The van der Waals surface area contributed by atoms with Gasteiger partial charge in [0, 0.05) is 0 Å². The molecule has 0 fully saturated rings. The van der Waals surface area contributed by atoms with Crippen LogP contribution >= 0.6 is 0 Å². The van der Waals surface area contributed by atoms with E-state index in [4.69, 9.17) is 9.47 Å². The average Bonchev–Trinajstić information content (AvgIpc) is 2.49. The number of ether oxygens (including phenoxy) is 2. The van der Waals surface area contributed by atoms with Gasteiger partial charge in [0.15, 0.2) is 11.5 Å². The van der Waals surface area contributed by atoms with Gasteiger partial charge in [0.2, 0.25) is 17.7 Å². The van der Waals surface area contributed by atoms with Crippen molar-refractivity contribution in [1.29, 1.82) is 0 Å². The fourth-order valence-corrected chi connectivity index (χ4v) is 1.55. The number of methoxy groups -OCH3 is 2. The Morgan fingerprint density at radius 2 is 1.76 bits per heavy atom. The number of amides is 1.